The van der Waals surface area contributed by atoms with Crippen LogP contribution >= 0.6 is 0 Å². The van der Waals surface area contributed by atoms with Crippen molar-refractivity contribution >= 4 is 40.6 Å². The van der Waals surface area contributed by atoms with E-state index < -0.39 is 36.0 Å². The van der Waals surface area contributed by atoms with Gasteiger partial charge in [-0.1, -0.05) is 36.4 Å². The maximum absolute atomic E-state index is 14.2. The Bertz CT molecular complexity index is 1600. The number of carbonyl (C=O) groups excluding carboxylic acids is 4. The van der Waals surface area contributed by atoms with Crippen molar-refractivity contribution in [3.8, 4) is 0 Å². The maximum atomic E-state index is 14.2. The summed E-state index contributed by atoms with van der Waals surface area (Å²) in [6, 6.07) is 19.0. The zero-order valence-electron chi connectivity index (χ0n) is 24.9. The molecule has 0 aromatic heterocycles. The highest BCUT2D eigenvalue weighted by Crippen LogP contribution is 2.31. The molecule has 0 spiro atoms. The molecule has 3 amide bonds. The number of Topliss-reactive ketones (excluding diaryl/α,β-unsaturated/α-hetero) is 1. The highest BCUT2D eigenvalue weighted by atomic mass is 19.1. The number of halogens is 1. The Morgan fingerprint density at radius 3 is 2.40 bits per heavy atom. The minimum atomic E-state index is -0.893. The van der Waals surface area contributed by atoms with Crippen LogP contribution in [-0.4, -0.2) is 67.3 Å². The first-order valence-electron chi connectivity index (χ1n) is 15.3. The Balaban J connectivity index is 1.30. The lowest BCUT2D eigenvalue weighted by Gasteiger charge is -2.37. The molecule has 45 heavy (non-hydrogen) atoms. The quantitative estimate of drug-likeness (QED) is 0.281. The highest BCUT2D eigenvalue weighted by molar-refractivity contribution is 6.52. The van der Waals surface area contributed by atoms with Gasteiger partial charge in [-0.05, 0) is 79.3 Å². The van der Waals surface area contributed by atoms with Crippen molar-refractivity contribution in [3.05, 3.63) is 102 Å². The van der Waals surface area contributed by atoms with Crippen molar-refractivity contribution in [2.45, 2.75) is 31.8 Å². The van der Waals surface area contributed by atoms with Crippen LogP contribution in [0.1, 0.15) is 35.2 Å². The van der Waals surface area contributed by atoms with Gasteiger partial charge in [0.05, 0.1) is 24.5 Å². The summed E-state index contributed by atoms with van der Waals surface area (Å²) < 4.78 is 19.3. The third-order valence-electron chi connectivity index (χ3n) is 8.63. The number of nitrogens with zero attached hydrogens (tertiary/aromatic N) is 3. The Kier molecular flexibility index (Phi) is 9.02. The zero-order valence-corrected chi connectivity index (χ0v) is 24.9. The summed E-state index contributed by atoms with van der Waals surface area (Å²) in [6.07, 6.45) is 6.11. The number of para-hydroxylation sites is 1. The van der Waals surface area contributed by atoms with E-state index in [-0.39, 0.29) is 23.9 Å². The number of morpholine rings is 1. The van der Waals surface area contributed by atoms with Gasteiger partial charge in [-0.3, -0.25) is 24.1 Å². The number of anilines is 3. The average Bonchev–Trinajstić information content (AvgIpc) is 3.31. The molecule has 2 heterocycles. The van der Waals surface area contributed by atoms with Crippen LogP contribution in [0, 0.1) is 11.7 Å². The molecule has 1 fully saturated rings. The summed E-state index contributed by atoms with van der Waals surface area (Å²) in [5.41, 5.74) is 2.87. The third kappa shape index (κ3) is 6.66. The lowest BCUT2D eigenvalue weighted by atomic mass is 9.85. The van der Waals surface area contributed by atoms with E-state index in [2.05, 4.69) is 16.3 Å². The van der Waals surface area contributed by atoms with Gasteiger partial charge in [0.15, 0.2) is 0 Å². The summed E-state index contributed by atoms with van der Waals surface area (Å²) in [4.78, 5) is 58.9. The van der Waals surface area contributed by atoms with Crippen molar-refractivity contribution in [1.29, 1.82) is 0 Å². The second kappa shape index (κ2) is 13.4. The molecule has 2 unspecified atom stereocenters. The lowest BCUT2D eigenvalue weighted by molar-refractivity contribution is -0.140. The first-order chi connectivity index (χ1) is 21.9. The van der Waals surface area contributed by atoms with E-state index in [0.29, 0.717) is 43.0 Å². The van der Waals surface area contributed by atoms with E-state index in [1.807, 2.05) is 30.3 Å². The summed E-state index contributed by atoms with van der Waals surface area (Å²) in [5.74, 6) is -2.91. The second-order valence-corrected chi connectivity index (χ2v) is 11.5. The fourth-order valence-corrected chi connectivity index (χ4v) is 6.27. The van der Waals surface area contributed by atoms with Gasteiger partial charge in [0.2, 0.25) is 11.8 Å². The van der Waals surface area contributed by atoms with Gasteiger partial charge in [-0.15, -0.1) is 0 Å². The highest BCUT2D eigenvalue weighted by Gasteiger charge is 2.41. The number of hydrogen-bond acceptors (Lipinski definition) is 6. The molecule has 1 aliphatic carbocycles. The normalized spacial score (nSPS) is 18.5. The Morgan fingerprint density at radius 1 is 0.956 bits per heavy atom. The molecule has 2 atom stereocenters. The van der Waals surface area contributed by atoms with Crippen LogP contribution in [0.25, 0.3) is 0 Å². The Labute approximate surface area is 261 Å². The fourth-order valence-electron chi connectivity index (χ4n) is 6.27. The van der Waals surface area contributed by atoms with E-state index in [4.69, 9.17) is 4.74 Å². The van der Waals surface area contributed by atoms with E-state index in [1.54, 1.807) is 36.4 Å². The lowest BCUT2D eigenvalue weighted by Crippen LogP contribution is -2.54. The van der Waals surface area contributed by atoms with Crippen LogP contribution in [-0.2, 0) is 25.7 Å². The monoisotopic (exact) mass is 610 g/mol. The van der Waals surface area contributed by atoms with Crippen molar-refractivity contribution in [2.24, 2.45) is 5.92 Å². The first kappa shape index (κ1) is 30.2. The molecule has 2 aliphatic heterocycles. The first-order valence-corrected chi connectivity index (χ1v) is 15.3. The molecule has 1 N–H and O–H groups in total. The molecule has 0 saturated carbocycles. The summed E-state index contributed by atoms with van der Waals surface area (Å²) >= 11 is 0. The van der Waals surface area contributed by atoms with Gasteiger partial charge in [0.1, 0.15) is 18.4 Å². The van der Waals surface area contributed by atoms with Crippen molar-refractivity contribution in [2.75, 3.05) is 48.0 Å². The van der Waals surface area contributed by atoms with Gasteiger partial charge in [0, 0.05) is 31.0 Å². The molecule has 9 nitrogen and oxygen atoms in total. The molecule has 6 rings (SSSR count). The van der Waals surface area contributed by atoms with Crippen molar-refractivity contribution in [3.63, 3.8) is 0 Å². The van der Waals surface area contributed by atoms with Crippen LogP contribution < -0.4 is 15.1 Å². The van der Waals surface area contributed by atoms with Crippen LogP contribution in [0.3, 0.4) is 0 Å². The number of amides is 3. The van der Waals surface area contributed by atoms with E-state index >= 15 is 0 Å². The van der Waals surface area contributed by atoms with Gasteiger partial charge in [-0.25, -0.2) is 4.39 Å². The third-order valence-corrected chi connectivity index (χ3v) is 8.63. The molecule has 232 valence electrons. The van der Waals surface area contributed by atoms with Gasteiger partial charge in [0.25, 0.3) is 11.7 Å². The van der Waals surface area contributed by atoms with E-state index in [0.717, 1.165) is 25.2 Å². The standard InChI is InChI=1S/C35H35FN4O5/c36-26-12-10-24(11-13-26)22-40(31(41)23-39-30-9-5-4-8-29(30)33(42)35(39)44)32(25-6-2-1-3-7-25)34(43)37-27-14-16-28(17-15-27)38-18-20-45-21-19-38/h1-2,4-5,8-17,25,32H,3,6-7,18-23H2,(H,37,43). The summed E-state index contributed by atoms with van der Waals surface area (Å²) in [6.45, 7) is 2.51. The SMILES string of the molecule is O=C1C(=O)N(CC(=O)N(Cc2ccc(F)cc2)C(C(=O)Nc2ccc(N3CCOCC3)cc2)C2CC=CCC2)c2ccccc21. The number of benzene rings is 3. The molecular weight excluding hydrogens is 575 g/mol. The average molecular weight is 611 g/mol. The minimum Gasteiger partial charge on any atom is -0.378 e. The van der Waals surface area contributed by atoms with E-state index in [1.165, 1.54) is 21.9 Å². The summed E-state index contributed by atoms with van der Waals surface area (Å²) in [5, 5.41) is 3.03. The Morgan fingerprint density at radius 2 is 1.69 bits per heavy atom. The summed E-state index contributed by atoms with van der Waals surface area (Å²) in [7, 11) is 0. The van der Waals surface area contributed by atoms with E-state index in [9.17, 15) is 23.6 Å². The molecule has 0 bridgehead atoms. The fraction of sp³-hybridized carbons (Fsp3) is 0.314. The minimum absolute atomic E-state index is 0.0189. The van der Waals surface area contributed by atoms with Crippen LogP contribution in [0.5, 0.6) is 0 Å². The van der Waals surface area contributed by atoms with Crippen LogP contribution in [0.4, 0.5) is 21.5 Å². The number of nitrogens with one attached hydrogen (secondary N) is 1. The molecular formula is C35H35FN4O5. The molecule has 10 heteroatoms. The molecule has 3 aromatic carbocycles. The molecule has 1 saturated heterocycles. The van der Waals surface area contributed by atoms with Crippen LogP contribution in [0.15, 0.2) is 84.9 Å². The maximum Gasteiger partial charge on any atom is 0.299 e. The van der Waals surface area contributed by atoms with Crippen LogP contribution in [0.2, 0.25) is 0 Å². The number of rotatable bonds is 9. The number of hydrogen-bond donors (Lipinski definition) is 1. The predicted octanol–water partition coefficient (Wildman–Crippen LogP) is 4.58. The molecule has 3 aliphatic rings. The van der Waals surface area contributed by atoms with Gasteiger partial charge in [-0.2, -0.15) is 0 Å². The zero-order chi connectivity index (χ0) is 31.3. The van der Waals surface area contributed by atoms with Crippen molar-refractivity contribution < 1.29 is 28.3 Å². The van der Waals surface area contributed by atoms with Gasteiger partial charge >= 0.3 is 0 Å². The number of ether oxygens (including phenoxy) is 1. The number of ketones is 1. The predicted molar refractivity (Wildman–Crippen MR) is 168 cm³/mol. The number of fused-ring (bicyclic) bond motifs is 1. The number of carbonyl (C=O) groups is 4. The topological polar surface area (TPSA) is 99.3 Å². The molecule has 3 aromatic rings. The largest absolute Gasteiger partial charge is 0.378 e. The molecule has 0 radical (unpaired) electrons. The smallest absolute Gasteiger partial charge is 0.299 e. The Hall–Kier alpha value is -4.83. The second-order valence-electron chi connectivity index (χ2n) is 11.5. The number of allylic oxidation sites excluding steroid dienone is 2. The van der Waals surface area contributed by atoms with Gasteiger partial charge < -0.3 is 19.9 Å². The van der Waals surface area contributed by atoms with Crippen molar-refractivity contribution in [1.82, 2.24) is 4.90 Å².